The Kier molecular flexibility index (Phi) is 6.49. The molecule has 3 N–H and O–H groups in total. The summed E-state index contributed by atoms with van der Waals surface area (Å²) in [5.41, 5.74) is 2.68. The summed E-state index contributed by atoms with van der Waals surface area (Å²) in [7, 11) is 2.12. The highest BCUT2D eigenvalue weighted by Crippen LogP contribution is 2.19. The van der Waals surface area contributed by atoms with Crippen molar-refractivity contribution in [3.8, 4) is 5.75 Å². The molecule has 1 heterocycles. The van der Waals surface area contributed by atoms with Crippen LogP contribution in [0, 0.1) is 0 Å². The summed E-state index contributed by atoms with van der Waals surface area (Å²) in [6.45, 7) is 4.36. The van der Waals surface area contributed by atoms with Crippen LogP contribution in [0.1, 0.15) is 5.56 Å². The third-order valence-electron chi connectivity index (χ3n) is 4.84. The molecule has 0 aromatic heterocycles. The number of hydrogen-bond acceptors (Lipinski definition) is 5. The summed E-state index contributed by atoms with van der Waals surface area (Å²) in [4.78, 5) is 28.6. The smallest absolute Gasteiger partial charge is 0.313 e. The van der Waals surface area contributed by atoms with Gasteiger partial charge in [0.15, 0.2) is 0 Å². The van der Waals surface area contributed by atoms with Crippen molar-refractivity contribution >= 4 is 23.2 Å². The number of phenols is 1. The molecular weight excluding hydrogens is 356 g/mol. The average molecular weight is 382 g/mol. The highest BCUT2D eigenvalue weighted by Gasteiger charge is 2.15. The van der Waals surface area contributed by atoms with Crippen LogP contribution < -0.4 is 15.5 Å². The molecule has 0 saturated carbocycles. The van der Waals surface area contributed by atoms with E-state index in [2.05, 4.69) is 27.5 Å². The molecule has 0 spiro atoms. The van der Waals surface area contributed by atoms with Crippen LogP contribution in [0.15, 0.2) is 48.5 Å². The van der Waals surface area contributed by atoms with E-state index in [1.54, 1.807) is 24.3 Å². The summed E-state index contributed by atoms with van der Waals surface area (Å²) >= 11 is 0. The van der Waals surface area contributed by atoms with E-state index in [1.807, 2.05) is 24.3 Å². The Morgan fingerprint density at radius 3 is 2.21 bits per heavy atom. The zero-order valence-corrected chi connectivity index (χ0v) is 16.0. The first-order chi connectivity index (χ1) is 13.5. The van der Waals surface area contributed by atoms with E-state index in [9.17, 15) is 14.7 Å². The number of hydrogen-bond donors (Lipinski definition) is 3. The van der Waals surface area contributed by atoms with Crippen molar-refractivity contribution in [3.63, 3.8) is 0 Å². The van der Waals surface area contributed by atoms with E-state index >= 15 is 0 Å². The lowest BCUT2D eigenvalue weighted by Crippen LogP contribution is -2.44. The van der Waals surface area contributed by atoms with Crippen molar-refractivity contribution in [1.82, 2.24) is 10.2 Å². The van der Waals surface area contributed by atoms with E-state index in [0.29, 0.717) is 18.7 Å². The number of rotatable bonds is 5. The number of nitrogens with one attached hydrogen (secondary N) is 2. The third kappa shape index (κ3) is 5.47. The molecule has 148 valence electrons. The molecule has 0 radical (unpaired) electrons. The number of amides is 2. The monoisotopic (exact) mass is 382 g/mol. The number of likely N-dealkylation sites (N-methyl/N-ethyl adjacent to an activating group) is 1. The molecule has 1 saturated heterocycles. The molecule has 1 aliphatic heterocycles. The van der Waals surface area contributed by atoms with Crippen LogP contribution in [0.5, 0.6) is 5.75 Å². The van der Waals surface area contributed by atoms with Gasteiger partial charge in [-0.15, -0.1) is 0 Å². The van der Waals surface area contributed by atoms with Gasteiger partial charge in [0.05, 0.1) is 0 Å². The van der Waals surface area contributed by atoms with Crippen LogP contribution in [0.2, 0.25) is 0 Å². The van der Waals surface area contributed by atoms with Gasteiger partial charge in [-0.05, 0) is 55.4 Å². The summed E-state index contributed by atoms with van der Waals surface area (Å²) < 4.78 is 0. The second-order valence-corrected chi connectivity index (χ2v) is 6.96. The first-order valence-electron chi connectivity index (χ1n) is 9.42. The van der Waals surface area contributed by atoms with E-state index < -0.39 is 11.8 Å². The topological polar surface area (TPSA) is 84.9 Å². The molecule has 0 aliphatic carbocycles. The number of benzene rings is 2. The first kappa shape index (κ1) is 19.7. The number of anilines is 2. The molecule has 1 fully saturated rings. The predicted molar refractivity (Wildman–Crippen MR) is 110 cm³/mol. The van der Waals surface area contributed by atoms with Crippen molar-refractivity contribution in [2.45, 2.75) is 6.42 Å². The van der Waals surface area contributed by atoms with Gasteiger partial charge in [-0.1, -0.05) is 12.1 Å². The molecule has 2 aromatic rings. The Bertz CT molecular complexity index is 797. The van der Waals surface area contributed by atoms with Gasteiger partial charge in [0, 0.05) is 44.1 Å². The average Bonchev–Trinajstić information content (AvgIpc) is 2.70. The number of nitrogens with zero attached hydrogens (tertiary/aromatic N) is 2. The van der Waals surface area contributed by atoms with E-state index in [1.165, 1.54) is 0 Å². The number of carbonyl (C=O) groups excluding carboxylic acids is 2. The van der Waals surface area contributed by atoms with Gasteiger partial charge < -0.3 is 25.5 Å². The van der Waals surface area contributed by atoms with E-state index in [0.717, 1.165) is 37.4 Å². The lowest BCUT2D eigenvalue weighted by molar-refractivity contribution is -0.136. The van der Waals surface area contributed by atoms with Gasteiger partial charge in [0.1, 0.15) is 5.75 Å². The predicted octanol–water partition coefficient (Wildman–Crippen LogP) is 1.44. The van der Waals surface area contributed by atoms with E-state index in [-0.39, 0.29) is 5.75 Å². The number of carbonyl (C=O) groups is 2. The molecule has 2 aromatic carbocycles. The molecule has 0 bridgehead atoms. The number of phenolic OH excluding ortho intramolecular Hbond substituents is 1. The SMILES string of the molecule is CN1CCN(c2ccc(NC(=O)C(=O)NCCc3ccc(O)cc3)cc2)CC1. The maximum atomic E-state index is 12.1. The molecule has 2 amide bonds. The minimum atomic E-state index is -0.682. The molecule has 28 heavy (non-hydrogen) atoms. The number of piperazine rings is 1. The van der Waals surface area contributed by atoms with Crippen LogP contribution in [-0.4, -0.2) is 61.6 Å². The maximum Gasteiger partial charge on any atom is 0.313 e. The first-order valence-corrected chi connectivity index (χ1v) is 9.42. The second-order valence-electron chi connectivity index (χ2n) is 6.96. The zero-order valence-electron chi connectivity index (χ0n) is 16.0. The molecule has 0 atom stereocenters. The Morgan fingerprint density at radius 1 is 0.929 bits per heavy atom. The van der Waals surface area contributed by atoms with Crippen molar-refractivity contribution in [2.75, 3.05) is 50.0 Å². The van der Waals surface area contributed by atoms with Gasteiger partial charge in [0.2, 0.25) is 0 Å². The maximum absolute atomic E-state index is 12.1. The van der Waals surface area contributed by atoms with Gasteiger partial charge in [0.25, 0.3) is 0 Å². The third-order valence-corrected chi connectivity index (χ3v) is 4.84. The Balaban J connectivity index is 1.44. The molecule has 3 rings (SSSR count). The van der Waals surface area contributed by atoms with Crippen LogP contribution in [0.25, 0.3) is 0 Å². The molecule has 1 aliphatic rings. The summed E-state index contributed by atoms with van der Waals surface area (Å²) in [5.74, 6) is -1.15. The van der Waals surface area contributed by atoms with Crippen molar-refractivity contribution in [1.29, 1.82) is 0 Å². The lowest BCUT2D eigenvalue weighted by Gasteiger charge is -2.34. The summed E-state index contributed by atoms with van der Waals surface area (Å²) in [6.07, 6.45) is 0.582. The largest absolute Gasteiger partial charge is 0.508 e. The van der Waals surface area contributed by atoms with Crippen LogP contribution in [0.4, 0.5) is 11.4 Å². The highest BCUT2D eigenvalue weighted by molar-refractivity contribution is 6.39. The van der Waals surface area contributed by atoms with Gasteiger partial charge in [-0.25, -0.2) is 0 Å². The minimum absolute atomic E-state index is 0.200. The Hall–Kier alpha value is -3.06. The van der Waals surface area contributed by atoms with Gasteiger partial charge >= 0.3 is 11.8 Å². The Labute approximate surface area is 165 Å². The fraction of sp³-hybridized carbons (Fsp3) is 0.333. The summed E-state index contributed by atoms with van der Waals surface area (Å²) in [6, 6.07) is 14.3. The fourth-order valence-electron chi connectivity index (χ4n) is 3.07. The van der Waals surface area contributed by atoms with Crippen LogP contribution in [-0.2, 0) is 16.0 Å². The molecular formula is C21H26N4O3. The second kappa shape index (κ2) is 9.23. The van der Waals surface area contributed by atoms with Crippen molar-refractivity contribution in [3.05, 3.63) is 54.1 Å². The number of aromatic hydroxyl groups is 1. The molecule has 0 unspecified atom stereocenters. The van der Waals surface area contributed by atoms with Crippen molar-refractivity contribution < 1.29 is 14.7 Å². The van der Waals surface area contributed by atoms with Gasteiger partial charge in [-0.2, -0.15) is 0 Å². The van der Waals surface area contributed by atoms with Crippen LogP contribution >= 0.6 is 0 Å². The molecule has 7 heteroatoms. The fourth-order valence-corrected chi connectivity index (χ4v) is 3.07. The highest BCUT2D eigenvalue weighted by atomic mass is 16.3. The van der Waals surface area contributed by atoms with Crippen molar-refractivity contribution in [2.24, 2.45) is 0 Å². The Morgan fingerprint density at radius 2 is 1.57 bits per heavy atom. The quantitative estimate of drug-likeness (QED) is 0.682. The summed E-state index contributed by atoms with van der Waals surface area (Å²) in [5, 5.41) is 14.5. The lowest BCUT2D eigenvalue weighted by atomic mass is 10.1. The van der Waals surface area contributed by atoms with E-state index in [4.69, 9.17) is 0 Å². The van der Waals surface area contributed by atoms with Crippen LogP contribution in [0.3, 0.4) is 0 Å². The van der Waals surface area contributed by atoms with Gasteiger partial charge in [-0.3, -0.25) is 9.59 Å². The normalized spacial score (nSPS) is 14.5. The minimum Gasteiger partial charge on any atom is -0.508 e. The zero-order chi connectivity index (χ0) is 19.9. The standard InChI is InChI=1S/C21H26N4O3/c1-24-12-14-25(15-13-24)18-6-4-17(5-7-18)23-21(28)20(27)22-11-10-16-2-8-19(26)9-3-16/h2-9,26H,10-15H2,1H3,(H,22,27)(H,23,28). The molecule has 7 nitrogen and oxygen atoms in total.